The van der Waals surface area contributed by atoms with Crippen molar-refractivity contribution in [1.29, 1.82) is 5.41 Å². The highest BCUT2D eigenvalue weighted by Gasteiger charge is 2.26. The van der Waals surface area contributed by atoms with E-state index in [0.29, 0.717) is 17.0 Å². The molecule has 1 fully saturated rings. The number of amidine groups is 1. The number of carboxylic acid groups (broad SMARTS) is 1. The standard InChI is InChI=1S/C10H18N2O2S/c1-7(2)15-10(11)12-5-3-4-8(6-12)9(13)14/h7-8,11H,3-6H2,1-2H3,(H,13,14). The van der Waals surface area contributed by atoms with Crippen LogP contribution in [0.2, 0.25) is 0 Å². The van der Waals surface area contributed by atoms with E-state index in [-0.39, 0.29) is 5.92 Å². The highest BCUT2D eigenvalue weighted by atomic mass is 32.2. The molecule has 15 heavy (non-hydrogen) atoms. The number of nitrogens with one attached hydrogen (secondary N) is 1. The van der Waals surface area contributed by atoms with E-state index in [9.17, 15) is 4.79 Å². The number of thioether (sulfide) groups is 1. The molecule has 1 aliphatic rings. The Hall–Kier alpha value is -0.710. The molecule has 0 amide bonds. The fourth-order valence-electron chi connectivity index (χ4n) is 1.66. The Morgan fingerprint density at radius 3 is 2.80 bits per heavy atom. The first-order valence-electron chi connectivity index (χ1n) is 5.23. The maximum absolute atomic E-state index is 10.8. The largest absolute Gasteiger partial charge is 0.481 e. The normalized spacial score (nSPS) is 21.8. The molecule has 86 valence electrons. The Morgan fingerprint density at radius 2 is 2.27 bits per heavy atom. The van der Waals surface area contributed by atoms with E-state index in [1.807, 2.05) is 18.7 Å². The molecule has 0 aliphatic carbocycles. The average molecular weight is 230 g/mol. The Labute approximate surface area is 94.5 Å². The zero-order valence-corrected chi connectivity index (χ0v) is 10.0. The van der Waals surface area contributed by atoms with E-state index < -0.39 is 5.97 Å². The fourth-order valence-corrected chi connectivity index (χ4v) is 2.42. The van der Waals surface area contributed by atoms with E-state index in [1.165, 1.54) is 11.8 Å². The van der Waals surface area contributed by atoms with E-state index in [2.05, 4.69) is 0 Å². The predicted octanol–water partition coefficient (Wildman–Crippen LogP) is 1.86. The Morgan fingerprint density at radius 1 is 1.60 bits per heavy atom. The first kappa shape index (κ1) is 12.4. The van der Waals surface area contributed by atoms with Gasteiger partial charge in [-0.2, -0.15) is 0 Å². The van der Waals surface area contributed by atoms with Crippen LogP contribution in [0.3, 0.4) is 0 Å². The summed E-state index contributed by atoms with van der Waals surface area (Å²) in [6, 6.07) is 0. The molecule has 1 atom stereocenters. The predicted molar refractivity (Wildman–Crippen MR) is 62.4 cm³/mol. The number of piperidine rings is 1. The van der Waals surface area contributed by atoms with E-state index in [1.54, 1.807) is 0 Å². The third-order valence-electron chi connectivity index (χ3n) is 2.41. The van der Waals surface area contributed by atoms with Crippen LogP contribution in [0.15, 0.2) is 0 Å². The minimum absolute atomic E-state index is 0.299. The molecule has 0 saturated carbocycles. The highest BCUT2D eigenvalue weighted by Crippen LogP contribution is 2.21. The van der Waals surface area contributed by atoms with Crippen LogP contribution in [0.4, 0.5) is 0 Å². The summed E-state index contributed by atoms with van der Waals surface area (Å²) < 4.78 is 0. The first-order chi connectivity index (χ1) is 7.00. The monoisotopic (exact) mass is 230 g/mol. The Bertz CT molecular complexity index is 256. The molecule has 4 nitrogen and oxygen atoms in total. The molecular weight excluding hydrogens is 212 g/mol. The molecular formula is C10H18N2O2S. The van der Waals surface area contributed by atoms with Crippen LogP contribution < -0.4 is 0 Å². The van der Waals surface area contributed by atoms with Gasteiger partial charge in [0.2, 0.25) is 0 Å². The van der Waals surface area contributed by atoms with Crippen molar-refractivity contribution in [3.05, 3.63) is 0 Å². The summed E-state index contributed by atoms with van der Waals surface area (Å²) in [6.07, 6.45) is 1.61. The van der Waals surface area contributed by atoms with Crippen molar-refractivity contribution in [1.82, 2.24) is 4.90 Å². The van der Waals surface area contributed by atoms with E-state index >= 15 is 0 Å². The van der Waals surface area contributed by atoms with Gasteiger partial charge in [-0.05, 0) is 12.8 Å². The van der Waals surface area contributed by atoms with Gasteiger partial charge in [-0.15, -0.1) is 0 Å². The number of hydrogen-bond donors (Lipinski definition) is 2. The van der Waals surface area contributed by atoms with Gasteiger partial charge < -0.3 is 10.0 Å². The van der Waals surface area contributed by atoms with Gasteiger partial charge in [0.25, 0.3) is 0 Å². The second-order valence-corrected chi connectivity index (χ2v) is 5.66. The number of rotatable bonds is 2. The van der Waals surface area contributed by atoms with Crippen LogP contribution in [0.25, 0.3) is 0 Å². The summed E-state index contributed by atoms with van der Waals surface area (Å²) in [5.74, 6) is -1.03. The molecule has 1 rings (SSSR count). The molecule has 1 aliphatic heterocycles. The van der Waals surface area contributed by atoms with Gasteiger partial charge in [-0.3, -0.25) is 10.2 Å². The summed E-state index contributed by atoms with van der Waals surface area (Å²) in [5, 5.41) is 17.6. The topological polar surface area (TPSA) is 64.4 Å². The summed E-state index contributed by atoms with van der Waals surface area (Å²) in [4.78, 5) is 12.7. The van der Waals surface area contributed by atoms with Crippen molar-refractivity contribution in [2.45, 2.75) is 31.9 Å². The summed E-state index contributed by atoms with van der Waals surface area (Å²) >= 11 is 1.49. The lowest BCUT2D eigenvalue weighted by Crippen LogP contribution is -2.41. The van der Waals surface area contributed by atoms with Gasteiger partial charge in [-0.25, -0.2) is 0 Å². The van der Waals surface area contributed by atoms with E-state index in [4.69, 9.17) is 10.5 Å². The van der Waals surface area contributed by atoms with Crippen molar-refractivity contribution in [2.24, 2.45) is 5.92 Å². The maximum atomic E-state index is 10.8. The van der Waals surface area contributed by atoms with Crippen molar-refractivity contribution in [3.63, 3.8) is 0 Å². The summed E-state index contributed by atoms with van der Waals surface area (Å²) in [7, 11) is 0. The number of aliphatic carboxylic acids is 1. The zero-order chi connectivity index (χ0) is 11.4. The van der Waals surface area contributed by atoms with Gasteiger partial charge in [0.1, 0.15) is 0 Å². The second kappa shape index (κ2) is 5.39. The molecule has 1 saturated heterocycles. The van der Waals surface area contributed by atoms with Crippen LogP contribution in [0, 0.1) is 11.3 Å². The van der Waals surface area contributed by atoms with Crippen LogP contribution in [0.1, 0.15) is 26.7 Å². The van der Waals surface area contributed by atoms with Crippen LogP contribution in [0.5, 0.6) is 0 Å². The average Bonchev–Trinajstić information content (AvgIpc) is 2.17. The van der Waals surface area contributed by atoms with Crippen molar-refractivity contribution >= 4 is 22.9 Å². The molecule has 1 unspecified atom stereocenters. The number of hydrogen-bond acceptors (Lipinski definition) is 3. The van der Waals surface area contributed by atoms with Crippen LogP contribution >= 0.6 is 11.8 Å². The molecule has 0 spiro atoms. The molecule has 2 N–H and O–H groups in total. The van der Waals surface area contributed by atoms with Gasteiger partial charge in [0.05, 0.1) is 5.92 Å². The molecule has 0 aromatic rings. The van der Waals surface area contributed by atoms with Gasteiger partial charge in [0.15, 0.2) is 5.17 Å². The Balaban J connectivity index is 2.48. The molecule has 0 aromatic heterocycles. The molecule has 0 aromatic carbocycles. The SMILES string of the molecule is CC(C)SC(=N)N1CCCC(C(=O)O)C1. The quantitative estimate of drug-likeness (QED) is 0.561. The zero-order valence-electron chi connectivity index (χ0n) is 9.19. The van der Waals surface area contributed by atoms with Crippen molar-refractivity contribution in [2.75, 3.05) is 13.1 Å². The number of carbonyl (C=O) groups is 1. The molecule has 5 heteroatoms. The Kier molecular flexibility index (Phi) is 4.45. The maximum Gasteiger partial charge on any atom is 0.308 e. The van der Waals surface area contributed by atoms with Gasteiger partial charge in [-0.1, -0.05) is 25.6 Å². The fraction of sp³-hybridized carbons (Fsp3) is 0.800. The highest BCUT2D eigenvalue weighted by molar-refractivity contribution is 8.14. The van der Waals surface area contributed by atoms with Crippen molar-refractivity contribution in [3.8, 4) is 0 Å². The molecule has 1 heterocycles. The number of likely N-dealkylation sites (tertiary alicyclic amines) is 1. The smallest absolute Gasteiger partial charge is 0.308 e. The van der Waals surface area contributed by atoms with Crippen LogP contribution in [-0.4, -0.2) is 39.5 Å². The lowest BCUT2D eigenvalue weighted by molar-refractivity contribution is -0.143. The third-order valence-corrected chi connectivity index (χ3v) is 3.36. The summed E-state index contributed by atoms with van der Waals surface area (Å²) in [6.45, 7) is 5.39. The lowest BCUT2D eigenvalue weighted by atomic mass is 9.99. The minimum Gasteiger partial charge on any atom is -0.481 e. The number of nitrogens with zero attached hydrogens (tertiary/aromatic N) is 1. The molecule has 0 bridgehead atoms. The van der Waals surface area contributed by atoms with Crippen LogP contribution in [-0.2, 0) is 4.79 Å². The third kappa shape index (κ3) is 3.74. The van der Waals surface area contributed by atoms with Gasteiger partial charge in [0, 0.05) is 18.3 Å². The first-order valence-corrected chi connectivity index (χ1v) is 6.11. The lowest BCUT2D eigenvalue weighted by Gasteiger charge is -2.32. The van der Waals surface area contributed by atoms with E-state index in [0.717, 1.165) is 19.4 Å². The second-order valence-electron chi connectivity index (χ2n) is 4.10. The molecule has 0 radical (unpaired) electrons. The number of carboxylic acids is 1. The van der Waals surface area contributed by atoms with Gasteiger partial charge >= 0.3 is 5.97 Å². The van der Waals surface area contributed by atoms with Crippen molar-refractivity contribution < 1.29 is 9.90 Å². The summed E-state index contributed by atoms with van der Waals surface area (Å²) in [5.41, 5.74) is 0. The minimum atomic E-state index is -0.734.